The van der Waals surface area contributed by atoms with Gasteiger partial charge in [-0.15, -0.1) is 0 Å². The number of rotatable bonds is 9. The number of benzene rings is 1. The molecule has 1 aromatic rings. The molecule has 2 nitrogen and oxygen atoms in total. The van der Waals surface area contributed by atoms with Gasteiger partial charge in [-0.1, -0.05) is 37.6 Å². The van der Waals surface area contributed by atoms with E-state index in [4.69, 9.17) is 11.6 Å². The van der Waals surface area contributed by atoms with Gasteiger partial charge in [0, 0.05) is 23.7 Å². The highest BCUT2D eigenvalue weighted by atomic mass is 35.5. The van der Waals surface area contributed by atoms with E-state index in [9.17, 15) is 0 Å². The topological polar surface area (TPSA) is 15.3 Å². The largest absolute Gasteiger partial charge is 0.310 e. The second-order valence-electron chi connectivity index (χ2n) is 5.72. The van der Waals surface area contributed by atoms with Gasteiger partial charge in [-0.2, -0.15) is 0 Å². The maximum absolute atomic E-state index is 5.98. The summed E-state index contributed by atoms with van der Waals surface area (Å²) in [6, 6.07) is 9.59. The normalized spacial score (nSPS) is 16.6. The van der Waals surface area contributed by atoms with Crippen LogP contribution in [0.2, 0.25) is 5.02 Å². The maximum Gasteiger partial charge on any atom is 0.0406 e. The molecular formula is C17H27ClN2. The number of nitrogens with zero attached hydrogens (tertiary/aromatic N) is 1. The first-order valence-electron chi connectivity index (χ1n) is 7.97. The zero-order valence-electron chi connectivity index (χ0n) is 12.7. The van der Waals surface area contributed by atoms with Gasteiger partial charge in [0.25, 0.3) is 0 Å². The van der Waals surface area contributed by atoms with E-state index in [1.54, 1.807) is 0 Å². The Bertz CT molecular complexity index is 386. The maximum atomic E-state index is 5.98. The Morgan fingerprint density at radius 2 is 1.90 bits per heavy atom. The van der Waals surface area contributed by atoms with E-state index >= 15 is 0 Å². The molecule has 0 aliphatic heterocycles. The van der Waals surface area contributed by atoms with Gasteiger partial charge in [-0.3, -0.25) is 0 Å². The van der Waals surface area contributed by atoms with Gasteiger partial charge in [0.15, 0.2) is 0 Å². The van der Waals surface area contributed by atoms with Gasteiger partial charge >= 0.3 is 0 Å². The molecule has 0 saturated heterocycles. The first-order chi connectivity index (χ1) is 9.74. The summed E-state index contributed by atoms with van der Waals surface area (Å²) in [5.41, 5.74) is 1.35. The molecular weight excluding hydrogens is 268 g/mol. The van der Waals surface area contributed by atoms with Crippen LogP contribution in [-0.2, 0) is 0 Å². The van der Waals surface area contributed by atoms with Crippen molar-refractivity contribution in [2.45, 2.75) is 51.6 Å². The third-order valence-electron chi connectivity index (χ3n) is 4.00. The smallest absolute Gasteiger partial charge is 0.0406 e. The van der Waals surface area contributed by atoms with Crippen molar-refractivity contribution < 1.29 is 0 Å². The molecule has 0 bridgehead atoms. The molecule has 0 radical (unpaired) electrons. The lowest BCUT2D eigenvalue weighted by Crippen LogP contribution is -2.31. The molecule has 1 fully saturated rings. The van der Waals surface area contributed by atoms with E-state index < -0.39 is 0 Å². The summed E-state index contributed by atoms with van der Waals surface area (Å²) in [6.07, 6.45) is 5.22. The fourth-order valence-corrected chi connectivity index (χ4v) is 2.95. The van der Waals surface area contributed by atoms with Crippen LogP contribution in [0.3, 0.4) is 0 Å². The number of halogens is 1. The Morgan fingerprint density at radius 3 is 2.45 bits per heavy atom. The zero-order valence-corrected chi connectivity index (χ0v) is 13.5. The minimum atomic E-state index is 0.440. The van der Waals surface area contributed by atoms with E-state index in [2.05, 4.69) is 36.2 Å². The van der Waals surface area contributed by atoms with Crippen LogP contribution in [0.25, 0.3) is 0 Å². The molecule has 3 heteroatoms. The van der Waals surface area contributed by atoms with Crippen molar-refractivity contribution in [3.05, 3.63) is 34.9 Å². The van der Waals surface area contributed by atoms with E-state index in [0.717, 1.165) is 17.6 Å². The second-order valence-corrected chi connectivity index (χ2v) is 6.15. The third-order valence-corrected chi connectivity index (χ3v) is 4.25. The lowest BCUT2D eigenvalue weighted by atomic mass is 10.0. The van der Waals surface area contributed by atoms with Gasteiger partial charge in [-0.25, -0.2) is 0 Å². The van der Waals surface area contributed by atoms with Crippen LogP contribution < -0.4 is 5.32 Å². The molecule has 1 atom stereocenters. The molecule has 1 N–H and O–H groups in total. The molecule has 112 valence electrons. The average molecular weight is 295 g/mol. The highest BCUT2D eigenvalue weighted by molar-refractivity contribution is 6.30. The Kier molecular flexibility index (Phi) is 6.34. The summed E-state index contributed by atoms with van der Waals surface area (Å²) < 4.78 is 0. The van der Waals surface area contributed by atoms with Crippen LogP contribution >= 0.6 is 11.6 Å². The second kappa shape index (κ2) is 8.02. The van der Waals surface area contributed by atoms with Crippen LogP contribution in [0, 0.1) is 0 Å². The average Bonchev–Trinajstić information content (AvgIpc) is 3.27. The monoisotopic (exact) mass is 294 g/mol. The molecule has 0 spiro atoms. The molecule has 0 aromatic heterocycles. The fourth-order valence-electron chi connectivity index (χ4n) is 2.83. The first-order valence-corrected chi connectivity index (χ1v) is 8.35. The van der Waals surface area contributed by atoms with Crippen LogP contribution in [0.4, 0.5) is 0 Å². The SMILES string of the molecule is CCCN(CCC(NCC)c1ccc(Cl)cc1)C1CC1. The van der Waals surface area contributed by atoms with E-state index in [1.165, 1.54) is 44.3 Å². The van der Waals surface area contributed by atoms with Crippen molar-refractivity contribution in [3.63, 3.8) is 0 Å². The predicted molar refractivity (Wildman–Crippen MR) is 87.4 cm³/mol. The Balaban J connectivity index is 1.92. The van der Waals surface area contributed by atoms with E-state index in [1.807, 2.05) is 12.1 Å². The van der Waals surface area contributed by atoms with Crippen molar-refractivity contribution in [1.82, 2.24) is 10.2 Å². The number of nitrogens with one attached hydrogen (secondary N) is 1. The molecule has 1 aliphatic carbocycles. The van der Waals surface area contributed by atoms with Gasteiger partial charge in [0.05, 0.1) is 0 Å². The Labute approximate surface area is 128 Å². The van der Waals surface area contributed by atoms with Crippen LogP contribution in [0.5, 0.6) is 0 Å². The summed E-state index contributed by atoms with van der Waals surface area (Å²) in [5, 5.41) is 4.42. The molecule has 0 heterocycles. The highest BCUT2D eigenvalue weighted by Crippen LogP contribution is 2.28. The Hall–Kier alpha value is -0.570. The van der Waals surface area contributed by atoms with Crippen LogP contribution in [-0.4, -0.2) is 30.6 Å². The summed E-state index contributed by atoms with van der Waals surface area (Å²) in [7, 11) is 0. The molecule has 1 aromatic carbocycles. The van der Waals surface area contributed by atoms with Gasteiger partial charge in [-0.05, 0) is 56.5 Å². The van der Waals surface area contributed by atoms with E-state index in [-0.39, 0.29) is 0 Å². The molecule has 1 saturated carbocycles. The summed E-state index contributed by atoms with van der Waals surface area (Å²) >= 11 is 5.98. The Morgan fingerprint density at radius 1 is 1.20 bits per heavy atom. The third kappa shape index (κ3) is 4.76. The molecule has 1 unspecified atom stereocenters. The number of hydrogen-bond acceptors (Lipinski definition) is 2. The summed E-state index contributed by atoms with van der Waals surface area (Å²) in [5.74, 6) is 0. The molecule has 20 heavy (non-hydrogen) atoms. The van der Waals surface area contributed by atoms with Crippen LogP contribution in [0.1, 0.15) is 51.1 Å². The van der Waals surface area contributed by atoms with Gasteiger partial charge < -0.3 is 10.2 Å². The quantitative estimate of drug-likeness (QED) is 0.732. The fraction of sp³-hybridized carbons (Fsp3) is 0.647. The summed E-state index contributed by atoms with van der Waals surface area (Å²) in [6.45, 7) is 7.89. The lowest BCUT2D eigenvalue weighted by Gasteiger charge is -2.25. The molecule has 0 amide bonds. The minimum Gasteiger partial charge on any atom is -0.310 e. The lowest BCUT2D eigenvalue weighted by molar-refractivity contribution is 0.248. The molecule has 2 rings (SSSR count). The standard InChI is InChI=1S/C17H27ClN2/c1-3-12-20(16-9-10-16)13-11-17(19-4-2)14-5-7-15(18)8-6-14/h5-8,16-17,19H,3-4,9-13H2,1-2H3. The van der Waals surface area contributed by atoms with Gasteiger partial charge in [0.2, 0.25) is 0 Å². The number of hydrogen-bond donors (Lipinski definition) is 1. The zero-order chi connectivity index (χ0) is 14.4. The molecule has 1 aliphatic rings. The highest BCUT2D eigenvalue weighted by Gasteiger charge is 2.28. The van der Waals surface area contributed by atoms with Gasteiger partial charge in [0.1, 0.15) is 0 Å². The minimum absolute atomic E-state index is 0.440. The van der Waals surface area contributed by atoms with Crippen molar-refractivity contribution in [1.29, 1.82) is 0 Å². The summed E-state index contributed by atoms with van der Waals surface area (Å²) in [4.78, 5) is 2.67. The van der Waals surface area contributed by atoms with Crippen molar-refractivity contribution in [2.24, 2.45) is 0 Å². The van der Waals surface area contributed by atoms with Crippen molar-refractivity contribution in [2.75, 3.05) is 19.6 Å². The first kappa shape index (κ1) is 15.8. The van der Waals surface area contributed by atoms with E-state index in [0.29, 0.717) is 6.04 Å². The van der Waals surface area contributed by atoms with Crippen molar-refractivity contribution in [3.8, 4) is 0 Å². The van der Waals surface area contributed by atoms with Crippen molar-refractivity contribution >= 4 is 11.6 Å². The van der Waals surface area contributed by atoms with Crippen LogP contribution in [0.15, 0.2) is 24.3 Å². The predicted octanol–water partition coefficient (Wildman–Crippen LogP) is 4.26.